The third-order valence-electron chi connectivity index (χ3n) is 4.33. The number of hydrogen-bond acceptors (Lipinski definition) is 4. The number of unbranched alkanes of at least 4 members (excludes halogenated alkanes) is 4. The van der Waals surface area contributed by atoms with Gasteiger partial charge in [0, 0.05) is 0 Å². The van der Waals surface area contributed by atoms with E-state index in [-0.39, 0.29) is 0 Å². The van der Waals surface area contributed by atoms with Crippen LogP contribution in [-0.4, -0.2) is 52.6 Å². The van der Waals surface area contributed by atoms with Crippen molar-refractivity contribution < 1.29 is 24.6 Å². The fourth-order valence-electron chi connectivity index (χ4n) is 2.64. The summed E-state index contributed by atoms with van der Waals surface area (Å²) in [5, 5.41) is 25.4. The van der Waals surface area contributed by atoms with Crippen molar-refractivity contribution in [1.29, 1.82) is 0 Å². The largest absolute Gasteiger partial charge is 0.544 e. The van der Waals surface area contributed by atoms with E-state index in [2.05, 4.69) is 27.7 Å². The molecule has 2 N–H and O–H groups in total. The molecule has 0 aromatic rings. The number of rotatable bonds is 13. The predicted octanol–water partition coefficient (Wildman–Crippen LogP) is 2.44. The molecule has 24 heavy (non-hydrogen) atoms. The van der Waals surface area contributed by atoms with Gasteiger partial charge in [0.2, 0.25) is 5.79 Å². The summed E-state index contributed by atoms with van der Waals surface area (Å²) in [7, 11) is 0. The van der Waals surface area contributed by atoms with Gasteiger partial charge in [0.05, 0.1) is 32.1 Å². The SMILES string of the molecule is CC(O)(O)C(=O)[O-].CCCC[N+](CCCC)(CCCC)CCCC. The zero-order valence-electron chi connectivity index (χ0n) is 16.6. The lowest BCUT2D eigenvalue weighted by molar-refractivity contribution is -0.929. The van der Waals surface area contributed by atoms with Crippen molar-refractivity contribution >= 4 is 5.97 Å². The average Bonchev–Trinajstić information content (AvgIpc) is 2.53. The molecule has 0 saturated carbocycles. The quantitative estimate of drug-likeness (QED) is 0.396. The molecule has 0 aromatic heterocycles. The summed E-state index contributed by atoms with van der Waals surface area (Å²) in [5.74, 6) is -4.59. The highest BCUT2D eigenvalue weighted by Crippen LogP contribution is 2.16. The van der Waals surface area contributed by atoms with Crippen LogP contribution in [0.5, 0.6) is 0 Å². The van der Waals surface area contributed by atoms with Gasteiger partial charge >= 0.3 is 0 Å². The molecule has 0 radical (unpaired) electrons. The maximum atomic E-state index is 9.41. The molecule has 0 bridgehead atoms. The number of carboxylic acids is 1. The number of aliphatic carboxylic acids is 1. The van der Waals surface area contributed by atoms with Crippen molar-refractivity contribution in [2.45, 2.75) is 91.8 Å². The number of quaternary nitrogens is 1. The lowest BCUT2D eigenvalue weighted by Gasteiger charge is -2.39. The highest BCUT2D eigenvalue weighted by Gasteiger charge is 2.24. The fraction of sp³-hybridized carbons (Fsp3) is 0.947. The summed E-state index contributed by atoms with van der Waals surface area (Å²) < 4.78 is 1.42. The van der Waals surface area contributed by atoms with Gasteiger partial charge in [-0.25, -0.2) is 0 Å². The van der Waals surface area contributed by atoms with E-state index in [1.54, 1.807) is 0 Å². The standard InChI is InChI=1S/C16H36N.C3H6O4/c1-5-9-13-17(14-10-6-2,15-11-7-3)16-12-8-4;1-3(6,7)2(4)5/h5-16H2,1-4H3;6-7H,1H3,(H,4,5)/q+1;/p-1. The van der Waals surface area contributed by atoms with Gasteiger partial charge in [-0.3, -0.25) is 0 Å². The second kappa shape index (κ2) is 14.7. The van der Waals surface area contributed by atoms with Crippen molar-refractivity contribution in [3.63, 3.8) is 0 Å². The molecule has 0 aromatic carbocycles. The van der Waals surface area contributed by atoms with E-state index in [0.29, 0.717) is 6.92 Å². The lowest BCUT2D eigenvalue weighted by Crippen LogP contribution is -2.50. The Kier molecular flexibility index (Phi) is 15.6. The van der Waals surface area contributed by atoms with Gasteiger partial charge in [-0.2, -0.15) is 0 Å². The predicted molar refractivity (Wildman–Crippen MR) is 97.2 cm³/mol. The molecule has 0 heterocycles. The smallest absolute Gasteiger partial charge is 0.201 e. The molecular weight excluding hydrogens is 306 g/mol. The molecule has 0 atom stereocenters. The maximum absolute atomic E-state index is 9.41. The van der Waals surface area contributed by atoms with Crippen LogP contribution >= 0.6 is 0 Å². The first-order chi connectivity index (χ1) is 11.2. The number of carbonyl (C=O) groups excluding carboxylic acids is 1. The van der Waals surface area contributed by atoms with Gasteiger partial charge in [0.15, 0.2) is 0 Å². The van der Waals surface area contributed by atoms with E-state index in [1.165, 1.54) is 82.0 Å². The molecule has 0 aliphatic carbocycles. The van der Waals surface area contributed by atoms with E-state index in [4.69, 9.17) is 10.2 Å². The van der Waals surface area contributed by atoms with Gasteiger partial charge in [-0.05, 0) is 32.6 Å². The second-order valence-electron chi connectivity index (χ2n) is 6.96. The highest BCUT2D eigenvalue weighted by atomic mass is 16.5. The summed E-state index contributed by atoms with van der Waals surface area (Å²) in [4.78, 5) is 9.41. The van der Waals surface area contributed by atoms with E-state index < -0.39 is 11.8 Å². The van der Waals surface area contributed by atoms with Crippen LogP contribution in [0.2, 0.25) is 0 Å². The monoisotopic (exact) mass is 347 g/mol. The van der Waals surface area contributed by atoms with Crippen LogP contribution in [0.25, 0.3) is 0 Å². The Morgan fingerprint density at radius 3 is 1.12 bits per heavy atom. The Morgan fingerprint density at radius 2 is 1.00 bits per heavy atom. The Hall–Kier alpha value is -0.650. The Labute approximate surface area is 149 Å². The summed E-state index contributed by atoms with van der Waals surface area (Å²) >= 11 is 0. The second-order valence-corrected chi connectivity index (χ2v) is 6.96. The van der Waals surface area contributed by atoms with E-state index in [1.807, 2.05) is 0 Å². The van der Waals surface area contributed by atoms with Crippen molar-refractivity contribution in [3.05, 3.63) is 0 Å². The molecular formula is C19H41NO4. The molecule has 0 unspecified atom stereocenters. The molecule has 146 valence electrons. The average molecular weight is 348 g/mol. The molecule has 0 fully saturated rings. The van der Waals surface area contributed by atoms with Gasteiger partial charge in [-0.15, -0.1) is 0 Å². The molecule has 0 aliphatic heterocycles. The first kappa shape index (κ1) is 25.6. The lowest BCUT2D eigenvalue weighted by atomic mass is 10.1. The molecule has 0 amide bonds. The number of aliphatic hydroxyl groups is 2. The molecule has 0 rings (SSSR count). The highest BCUT2D eigenvalue weighted by molar-refractivity contribution is 5.71. The van der Waals surface area contributed by atoms with Crippen LogP contribution < -0.4 is 5.11 Å². The van der Waals surface area contributed by atoms with E-state index in [9.17, 15) is 9.90 Å². The van der Waals surface area contributed by atoms with Crippen molar-refractivity contribution in [3.8, 4) is 0 Å². The topological polar surface area (TPSA) is 80.6 Å². The van der Waals surface area contributed by atoms with Crippen LogP contribution in [0, 0.1) is 0 Å². The molecule has 0 spiro atoms. The van der Waals surface area contributed by atoms with Crippen molar-refractivity contribution in [1.82, 2.24) is 0 Å². The Balaban J connectivity index is 0. The van der Waals surface area contributed by atoms with Crippen LogP contribution in [0.15, 0.2) is 0 Å². The summed E-state index contributed by atoms with van der Waals surface area (Å²) in [6.07, 6.45) is 11.1. The zero-order chi connectivity index (χ0) is 19.1. The van der Waals surface area contributed by atoms with Crippen LogP contribution in [0.3, 0.4) is 0 Å². The summed E-state index contributed by atoms with van der Waals surface area (Å²) in [6.45, 7) is 15.7. The van der Waals surface area contributed by atoms with Gasteiger partial charge in [0.25, 0.3) is 0 Å². The van der Waals surface area contributed by atoms with Gasteiger partial charge in [-0.1, -0.05) is 53.4 Å². The maximum Gasteiger partial charge on any atom is 0.201 e. The van der Waals surface area contributed by atoms with Crippen LogP contribution in [-0.2, 0) is 4.79 Å². The molecule has 0 aliphatic rings. The number of nitrogens with zero attached hydrogens (tertiary/aromatic N) is 1. The van der Waals surface area contributed by atoms with Crippen LogP contribution in [0.1, 0.15) is 86.0 Å². The number of hydrogen-bond donors (Lipinski definition) is 2. The summed E-state index contributed by atoms with van der Waals surface area (Å²) in [5.41, 5.74) is 0. The normalized spacial score (nSPS) is 11.8. The van der Waals surface area contributed by atoms with E-state index >= 15 is 0 Å². The van der Waals surface area contributed by atoms with Gasteiger partial charge < -0.3 is 24.6 Å². The summed E-state index contributed by atoms with van der Waals surface area (Å²) in [6, 6.07) is 0. The first-order valence-electron chi connectivity index (χ1n) is 9.70. The third-order valence-corrected chi connectivity index (χ3v) is 4.33. The van der Waals surface area contributed by atoms with Crippen LogP contribution in [0.4, 0.5) is 0 Å². The van der Waals surface area contributed by atoms with E-state index in [0.717, 1.165) is 0 Å². The minimum Gasteiger partial charge on any atom is -0.544 e. The number of carboxylic acid groups (broad SMARTS) is 1. The van der Waals surface area contributed by atoms with Crippen molar-refractivity contribution in [2.75, 3.05) is 26.2 Å². The van der Waals surface area contributed by atoms with Gasteiger partial charge in [0.1, 0.15) is 0 Å². The molecule has 5 nitrogen and oxygen atoms in total. The van der Waals surface area contributed by atoms with Crippen molar-refractivity contribution in [2.24, 2.45) is 0 Å². The fourth-order valence-corrected chi connectivity index (χ4v) is 2.64. The minimum atomic E-state index is -2.69. The first-order valence-corrected chi connectivity index (χ1v) is 9.70. The molecule has 5 heteroatoms. The number of carbonyl (C=O) groups is 1. The Bertz CT molecular complexity index is 263. The minimum absolute atomic E-state index is 0.711. The Morgan fingerprint density at radius 1 is 0.792 bits per heavy atom. The third kappa shape index (κ3) is 13.8. The molecule has 0 saturated heterocycles. The zero-order valence-corrected chi connectivity index (χ0v) is 16.6.